The second-order valence-corrected chi connectivity index (χ2v) is 9.38. The van der Waals surface area contributed by atoms with Gasteiger partial charge in [0.15, 0.2) is 5.78 Å². The number of benzene rings is 1. The number of hydrogen-bond donors (Lipinski definition) is 2. The van der Waals surface area contributed by atoms with E-state index in [9.17, 15) is 19.2 Å². The molecule has 1 aliphatic rings. The average molecular weight is 472 g/mol. The Labute approximate surface area is 197 Å². The van der Waals surface area contributed by atoms with Crippen LogP contribution in [0.1, 0.15) is 42.7 Å². The Morgan fingerprint density at radius 3 is 2.73 bits per heavy atom. The first kappa shape index (κ1) is 24.6. The molecule has 2 amide bonds. The number of ketones is 2. The molecule has 1 aliphatic heterocycles. The van der Waals surface area contributed by atoms with Gasteiger partial charge in [-0.3, -0.25) is 14.4 Å². The van der Waals surface area contributed by atoms with Crippen molar-refractivity contribution in [1.82, 2.24) is 15.0 Å². The lowest BCUT2D eigenvalue weighted by Gasteiger charge is -2.23. The van der Waals surface area contributed by atoms with E-state index in [4.69, 9.17) is 4.74 Å². The molecule has 0 radical (unpaired) electrons. The maximum absolute atomic E-state index is 13.1. The number of nitrogens with zero attached hydrogens (tertiary/aromatic N) is 1. The number of nitrogens with one attached hydrogen (secondary N) is 2. The summed E-state index contributed by atoms with van der Waals surface area (Å²) < 4.78 is 9.47. The molecule has 0 bridgehead atoms. The van der Waals surface area contributed by atoms with E-state index < -0.39 is 29.7 Å². The highest BCUT2D eigenvalue weighted by Crippen LogP contribution is 2.23. The van der Waals surface area contributed by atoms with Crippen LogP contribution >= 0.6 is 11.5 Å². The van der Waals surface area contributed by atoms with Gasteiger partial charge in [-0.25, -0.2) is 9.17 Å². The third-order valence-corrected chi connectivity index (χ3v) is 6.50. The lowest BCUT2D eigenvalue weighted by molar-refractivity contribution is -0.141. The molecule has 3 rings (SSSR count). The minimum atomic E-state index is -0.834. The van der Waals surface area contributed by atoms with E-state index in [1.165, 1.54) is 11.5 Å². The fraction of sp³-hybridized carbons (Fsp3) is 0.458. The van der Waals surface area contributed by atoms with Gasteiger partial charge in [0, 0.05) is 30.0 Å². The van der Waals surface area contributed by atoms with Gasteiger partial charge in [-0.05, 0) is 47.8 Å². The summed E-state index contributed by atoms with van der Waals surface area (Å²) in [6.07, 6.45) is 2.62. The predicted molar refractivity (Wildman–Crippen MR) is 124 cm³/mol. The van der Waals surface area contributed by atoms with Crippen molar-refractivity contribution >= 4 is 35.1 Å². The van der Waals surface area contributed by atoms with Crippen LogP contribution in [0, 0.1) is 11.8 Å². The predicted octanol–water partition coefficient (Wildman–Crippen LogP) is 2.84. The van der Waals surface area contributed by atoms with E-state index in [1.54, 1.807) is 6.20 Å². The fourth-order valence-corrected chi connectivity index (χ4v) is 4.58. The van der Waals surface area contributed by atoms with Gasteiger partial charge >= 0.3 is 6.09 Å². The zero-order valence-corrected chi connectivity index (χ0v) is 19.7. The zero-order chi connectivity index (χ0) is 23.8. The van der Waals surface area contributed by atoms with Crippen LogP contribution in [-0.2, 0) is 38.6 Å². The Hall–Kier alpha value is -3.07. The van der Waals surface area contributed by atoms with Gasteiger partial charge in [0.25, 0.3) is 5.91 Å². The number of ether oxygens (including phenoxy) is 1. The molecule has 0 aliphatic carbocycles. The van der Waals surface area contributed by atoms with E-state index in [2.05, 4.69) is 15.0 Å². The number of carbonyl (C=O) groups is 4. The Bertz CT molecular complexity index is 989. The van der Waals surface area contributed by atoms with Gasteiger partial charge in [-0.1, -0.05) is 44.2 Å². The molecular formula is C24H29N3O5S. The summed E-state index contributed by atoms with van der Waals surface area (Å²) in [7, 11) is 0. The Morgan fingerprint density at radius 2 is 2.00 bits per heavy atom. The monoisotopic (exact) mass is 471 g/mol. The van der Waals surface area contributed by atoms with Gasteiger partial charge in [0.1, 0.15) is 6.61 Å². The van der Waals surface area contributed by atoms with Crippen LogP contribution in [0.3, 0.4) is 0 Å². The molecule has 2 unspecified atom stereocenters. The second-order valence-electron chi connectivity index (χ2n) is 8.50. The number of aryl methyl sites for hydroxylation is 1. The van der Waals surface area contributed by atoms with Gasteiger partial charge in [0.2, 0.25) is 5.78 Å². The Balaban J connectivity index is 1.67. The highest BCUT2D eigenvalue weighted by molar-refractivity contribution is 7.05. The quantitative estimate of drug-likeness (QED) is 0.600. The summed E-state index contributed by atoms with van der Waals surface area (Å²) in [5.74, 6) is -2.63. The van der Waals surface area contributed by atoms with Crippen LogP contribution < -0.4 is 10.6 Å². The number of Topliss-reactive ketones (excluding diaryl/α,β-unsaturated/α-hetero) is 2. The molecule has 1 aromatic heterocycles. The van der Waals surface area contributed by atoms with Crippen LogP contribution in [0.25, 0.3) is 0 Å². The van der Waals surface area contributed by atoms with Gasteiger partial charge < -0.3 is 15.4 Å². The molecule has 1 aromatic carbocycles. The minimum Gasteiger partial charge on any atom is -0.445 e. The van der Waals surface area contributed by atoms with Crippen LogP contribution in [-0.4, -0.2) is 40.5 Å². The van der Waals surface area contributed by atoms with Crippen LogP contribution in [0.5, 0.6) is 0 Å². The van der Waals surface area contributed by atoms with E-state index in [0.717, 1.165) is 28.8 Å². The first-order valence-electron chi connectivity index (χ1n) is 11.1. The van der Waals surface area contributed by atoms with Gasteiger partial charge in [-0.2, -0.15) is 0 Å². The van der Waals surface area contributed by atoms with Crippen LogP contribution in [0.4, 0.5) is 4.79 Å². The molecule has 0 fully saturated rings. The third-order valence-electron chi connectivity index (χ3n) is 5.60. The molecular weight excluding hydrogens is 442 g/mol. The van der Waals surface area contributed by atoms with Crippen molar-refractivity contribution < 1.29 is 23.9 Å². The Morgan fingerprint density at radius 1 is 1.24 bits per heavy atom. The van der Waals surface area contributed by atoms with Crippen LogP contribution in [0.15, 0.2) is 36.5 Å². The highest BCUT2D eigenvalue weighted by atomic mass is 32.1. The molecule has 8 nitrogen and oxygen atoms in total. The number of hydrogen-bond acceptors (Lipinski definition) is 7. The maximum Gasteiger partial charge on any atom is 0.408 e. The maximum atomic E-state index is 13.1. The average Bonchev–Trinajstić information content (AvgIpc) is 3.24. The van der Waals surface area contributed by atoms with E-state index in [-0.39, 0.29) is 31.1 Å². The number of amides is 2. The second kappa shape index (κ2) is 11.7. The van der Waals surface area contributed by atoms with Crippen molar-refractivity contribution in [1.29, 1.82) is 0 Å². The summed E-state index contributed by atoms with van der Waals surface area (Å²) in [4.78, 5) is 51.7. The zero-order valence-electron chi connectivity index (χ0n) is 18.8. The fourth-order valence-electron chi connectivity index (χ4n) is 3.78. The van der Waals surface area contributed by atoms with Gasteiger partial charge in [-0.15, -0.1) is 0 Å². The SMILES string of the molecule is CC(C)C(NC(=O)OCc1ccccc1)C(=O)CC1Cc2cnsc2CCCNC(=O)C1=O. The summed E-state index contributed by atoms with van der Waals surface area (Å²) in [5, 5.41) is 5.27. The standard InChI is InChI=1S/C24H29N3O5S/c1-15(2)21(27-24(31)32-14-16-7-4-3-5-8-16)19(28)12-17-11-18-13-26-33-20(18)9-6-10-25-23(30)22(17)29/h3-5,7-8,13,15,17,21H,6,9-12,14H2,1-2H3,(H,25,30)(H,27,31). The van der Waals surface area contributed by atoms with Crippen molar-refractivity contribution in [3.05, 3.63) is 52.5 Å². The molecule has 2 atom stereocenters. The largest absolute Gasteiger partial charge is 0.445 e. The molecule has 2 N–H and O–H groups in total. The normalized spacial score (nSPS) is 17.6. The van der Waals surface area contributed by atoms with E-state index >= 15 is 0 Å². The molecule has 2 aromatic rings. The van der Waals surface area contributed by atoms with Crippen molar-refractivity contribution in [2.24, 2.45) is 11.8 Å². The van der Waals surface area contributed by atoms with Crippen molar-refractivity contribution in [3.63, 3.8) is 0 Å². The number of aromatic nitrogens is 1. The number of fused-ring (bicyclic) bond motifs is 1. The first-order chi connectivity index (χ1) is 15.8. The smallest absolute Gasteiger partial charge is 0.408 e. The molecule has 2 heterocycles. The number of rotatable bonds is 7. The molecule has 0 saturated carbocycles. The van der Waals surface area contributed by atoms with Crippen LogP contribution in [0.2, 0.25) is 0 Å². The molecule has 176 valence electrons. The Kier molecular flexibility index (Phi) is 8.71. The molecule has 9 heteroatoms. The van der Waals surface area contributed by atoms with E-state index in [1.807, 2.05) is 44.2 Å². The third kappa shape index (κ3) is 6.95. The summed E-state index contributed by atoms with van der Waals surface area (Å²) in [5.41, 5.74) is 1.73. The minimum absolute atomic E-state index is 0.0842. The molecule has 0 spiro atoms. The number of alkyl carbamates (subject to hydrolysis) is 1. The lowest BCUT2D eigenvalue weighted by atomic mass is 9.86. The van der Waals surface area contributed by atoms with E-state index in [0.29, 0.717) is 6.54 Å². The highest BCUT2D eigenvalue weighted by Gasteiger charge is 2.33. The molecule has 0 saturated heterocycles. The number of carbonyl (C=O) groups excluding carboxylic acids is 4. The van der Waals surface area contributed by atoms with Crippen molar-refractivity contribution in [2.45, 2.75) is 52.2 Å². The van der Waals surface area contributed by atoms with Crippen molar-refractivity contribution in [3.8, 4) is 0 Å². The summed E-state index contributed by atoms with van der Waals surface area (Å²) in [6, 6.07) is 8.40. The van der Waals surface area contributed by atoms with Gasteiger partial charge in [0.05, 0.1) is 6.04 Å². The lowest BCUT2D eigenvalue weighted by Crippen LogP contribution is -2.46. The summed E-state index contributed by atoms with van der Waals surface area (Å²) >= 11 is 1.38. The van der Waals surface area contributed by atoms with Crippen molar-refractivity contribution in [2.75, 3.05) is 6.54 Å². The first-order valence-corrected chi connectivity index (χ1v) is 11.9. The molecule has 33 heavy (non-hydrogen) atoms. The topological polar surface area (TPSA) is 114 Å². The summed E-state index contributed by atoms with van der Waals surface area (Å²) in [6.45, 7) is 4.10.